The Hall–Kier alpha value is -2.77. The van der Waals surface area contributed by atoms with Crippen molar-refractivity contribution in [3.8, 4) is 11.5 Å². The predicted molar refractivity (Wildman–Crippen MR) is 98.7 cm³/mol. The zero-order valence-corrected chi connectivity index (χ0v) is 15.1. The van der Waals surface area contributed by atoms with Crippen molar-refractivity contribution in [2.24, 2.45) is 5.10 Å². The highest BCUT2D eigenvalue weighted by Crippen LogP contribution is 2.34. The second kappa shape index (κ2) is 9.07. The van der Waals surface area contributed by atoms with Crippen LogP contribution in [0, 0.1) is 0 Å². The van der Waals surface area contributed by atoms with Gasteiger partial charge in [-0.15, -0.1) is 0 Å². The lowest BCUT2D eigenvalue weighted by molar-refractivity contribution is -0.139. The fourth-order valence-electron chi connectivity index (χ4n) is 1.91. The van der Waals surface area contributed by atoms with Crippen molar-refractivity contribution in [3.63, 3.8) is 0 Å². The van der Waals surface area contributed by atoms with E-state index in [2.05, 4.69) is 15.8 Å². The largest absolute Gasteiger partial charge is 0.503 e. The number of methoxy groups -OCH3 is 1. The van der Waals surface area contributed by atoms with Gasteiger partial charge in [0, 0.05) is 11.6 Å². The molecule has 0 aliphatic rings. The van der Waals surface area contributed by atoms with Gasteiger partial charge in [0.05, 0.1) is 18.3 Å². The Labute approximate surface area is 159 Å². The minimum absolute atomic E-state index is 0.0674. The van der Waals surface area contributed by atoms with Crippen LogP contribution in [-0.2, 0) is 16.1 Å². The van der Waals surface area contributed by atoms with Gasteiger partial charge in [-0.25, -0.2) is 5.43 Å². The fraction of sp³-hybridized carbons (Fsp3) is 0.118. The molecule has 2 rings (SSSR count). The SMILES string of the molecule is COc1cc(/C=N/NC(=O)C(=O)NCc2ccc(Cl)cc2)cc(Cl)c1O. The Bertz CT molecular complexity index is 839. The normalized spacial score (nSPS) is 10.6. The molecule has 3 N–H and O–H groups in total. The molecule has 0 saturated carbocycles. The average molecular weight is 396 g/mol. The number of halogens is 2. The van der Waals surface area contributed by atoms with Crippen LogP contribution in [0.5, 0.6) is 11.5 Å². The van der Waals surface area contributed by atoms with E-state index in [1.165, 1.54) is 25.5 Å². The van der Waals surface area contributed by atoms with Crippen molar-refractivity contribution >= 4 is 41.2 Å². The summed E-state index contributed by atoms with van der Waals surface area (Å²) in [5.41, 5.74) is 3.36. The molecule has 7 nitrogen and oxygen atoms in total. The van der Waals surface area contributed by atoms with Crippen molar-refractivity contribution < 1.29 is 19.4 Å². The molecule has 0 saturated heterocycles. The van der Waals surface area contributed by atoms with Gasteiger partial charge >= 0.3 is 11.8 Å². The molecule has 0 fully saturated rings. The molecule has 0 heterocycles. The summed E-state index contributed by atoms with van der Waals surface area (Å²) in [6, 6.07) is 9.74. The number of hydrogen-bond acceptors (Lipinski definition) is 5. The lowest BCUT2D eigenvalue weighted by atomic mass is 10.2. The van der Waals surface area contributed by atoms with Crippen molar-refractivity contribution in [1.29, 1.82) is 0 Å². The van der Waals surface area contributed by atoms with Crippen LogP contribution < -0.4 is 15.5 Å². The zero-order valence-electron chi connectivity index (χ0n) is 13.6. The number of aromatic hydroxyl groups is 1. The Morgan fingerprint density at radius 1 is 1.19 bits per heavy atom. The van der Waals surface area contributed by atoms with Crippen LogP contribution in [0.3, 0.4) is 0 Å². The minimum Gasteiger partial charge on any atom is -0.503 e. The Kier molecular flexibility index (Phi) is 6.82. The van der Waals surface area contributed by atoms with E-state index in [1.807, 2.05) is 0 Å². The second-order valence-electron chi connectivity index (χ2n) is 5.06. The molecular weight excluding hydrogens is 381 g/mol. The first-order chi connectivity index (χ1) is 12.4. The van der Waals surface area contributed by atoms with E-state index >= 15 is 0 Å². The van der Waals surface area contributed by atoms with Crippen LogP contribution in [-0.4, -0.2) is 30.2 Å². The molecule has 0 radical (unpaired) electrons. The lowest BCUT2D eigenvalue weighted by Crippen LogP contribution is -2.37. The van der Waals surface area contributed by atoms with Crippen LogP contribution >= 0.6 is 23.2 Å². The molecule has 0 aliphatic heterocycles. The quantitative estimate of drug-likeness (QED) is 0.411. The molecule has 0 spiro atoms. The van der Waals surface area contributed by atoms with Gasteiger partial charge in [0.1, 0.15) is 0 Å². The minimum atomic E-state index is -0.924. The summed E-state index contributed by atoms with van der Waals surface area (Å²) in [5, 5.41) is 16.4. The third-order valence-corrected chi connectivity index (χ3v) is 3.76. The number of amides is 2. The van der Waals surface area contributed by atoms with E-state index < -0.39 is 11.8 Å². The number of rotatable bonds is 5. The fourth-order valence-corrected chi connectivity index (χ4v) is 2.25. The topological polar surface area (TPSA) is 100 Å². The number of phenolic OH excluding ortho intramolecular Hbond substituents is 1. The van der Waals surface area contributed by atoms with Gasteiger partial charge in [-0.3, -0.25) is 9.59 Å². The van der Waals surface area contributed by atoms with E-state index in [0.717, 1.165) is 5.56 Å². The van der Waals surface area contributed by atoms with Gasteiger partial charge in [0.25, 0.3) is 0 Å². The van der Waals surface area contributed by atoms with Gasteiger partial charge in [0.15, 0.2) is 11.5 Å². The summed E-state index contributed by atoms with van der Waals surface area (Å²) in [5.74, 6) is -1.80. The summed E-state index contributed by atoms with van der Waals surface area (Å²) in [4.78, 5) is 23.4. The van der Waals surface area contributed by atoms with Gasteiger partial charge in [-0.1, -0.05) is 35.3 Å². The maximum absolute atomic E-state index is 11.7. The van der Waals surface area contributed by atoms with Gasteiger partial charge in [-0.05, 0) is 35.4 Å². The third kappa shape index (κ3) is 5.37. The van der Waals surface area contributed by atoms with Crippen molar-refractivity contribution in [2.75, 3.05) is 7.11 Å². The van der Waals surface area contributed by atoms with Crippen LogP contribution in [0.1, 0.15) is 11.1 Å². The Morgan fingerprint density at radius 2 is 1.88 bits per heavy atom. The molecule has 2 amide bonds. The summed E-state index contributed by atoms with van der Waals surface area (Å²) < 4.78 is 4.96. The van der Waals surface area contributed by atoms with E-state index in [1.54, 1.807) is 24.3 Å². The lowest BCUT2D eigenvalue weighted by Gasteiger charge is -2.06. The van der Waals surface area contributed by atoms with Crippen molar-refractivity contribution in [3.05, 3.63) is 57.6 Å². The molecule has 0 bridgehead atoms. The van der Waals surface area contributed by atoms with Crippen LogP contribution in [0.2, 0.25) is 10.0 Å². The first-order valence-corrected chi connectivity index (χ1v) is 8.08. The number of carbonyl (C=O) groups is 2. The standard InChI is InChI=1S/C17H15Cl2N3O4/c1-26-14-7-11(6-13(19)15(14)23)9-21-22-17(25)16(24)20-8-10-2-4-12(18)5-3-10/h2-7,9,23H,8H2,1H3,(H,20,24)(H,22,25)/b21-9+. The number of phenols is 1. The van der Waals surface area contributed by atoms with E-state index in [0.29, 0.717) is 10.6 Å². The van der Waals surface area contributed by atoms with E-state index in [4.69, 9.17) is 27.9 Å². The average Bonchev–Trinajstić information content (AvgIpc) is 2.63. The number of hydrogen-bond donors (Lipinski definition) is 3. The van der Waals surface area contributed by atoms with Gasteiger partial charge in [0.2, 0.25) is 0 Å². The molecule has 26 heavy (non-hydrogen) atoms. The van der Waals surface area contributed by atoms with E-state index in [-0.39, 0.29) is 23.1 Å². The maximum atomic E-state index is 11.7. The zero-order chi connectivity index (χ0) is 19.1. The van der Waals surface area contributed by atoms with Gasteiger partial charge in [-0.2, -0.15) is 5.10 Å². The summed E-state index contributed by atoms with van der Waals surface area (Å²) in [7, 11) is 1.37. The van der Waals surface area contributed by atoms with Crippen LogP contribution in [0.15, 0.2) is 41.5 Å². The molecule has 136 valence electrons. The molecule has 0 unspecified atom stereocenters. The molecule has 0 aromatic heterocycles. The number of hydrazone groups is 1. The highest BCUT2D eigenvalue weighted by Gasteiger charge is 2.12. The number of carbonyl (C=O) groups excluding carboxylic acids is 2. The number of benzene rings is 2. The first kappa shape index (κ1) is 19.6. The Balaban J connectivity index is 1.89. The molecule has 2 aromatic rings. The summed E-state index contributed by atoms with van der Waals surface area (Å²) in [6.07, 6.45) is 1.26. The molecule has 9 heteroatoms. The highest BCUT2D eigenvalue weighted by atomic mass is 35.5. The number of nitrogens with zero attached hydrogens (tertiary/aromatic N) is 1. The molecule has 2 aromatic carbocycles. The number of ether oxygens (including phenoxy) is 1. The molecule has 0 aliphatic carbocycles. The smallest absolute Gasteiger partial charge is 0.329 e. The van der Waals surface area contributed by atoms with E-state index in [9.17, 15) is 14.7 Å². The highest BCUT2D eigenvalue weighted by molar-refractivity contribution is 6.35. The van der Waals surface area contributed by atoms with Crippen molar-refractivity contribution in [2.45, 2.75) is 6.54 Å². The maximum Gasteiger partial charge on any atom is 0.329 e. The monoisotopic (exact) mass is 395 g/mol. The van der Waals surface area contributed by atoms with Crippen LogP contribution in [0.4, 0.5) is 0 Å². The van der Waals surface area contributed by atoms with Crippen molar-refractivity contribution in [1.82, 2.24) is 10.7 Å². The molecular formula is C17H15Cl2N3O4. The predicted octanol–water partition coefficient (Wildman–Crippen LogP) is 2.47. The summed E-state index contributed by atoms with van der Waals surface area (Å²) >= 11 is 11.6. The van der Waals surface area contributed by atoms with Gasteiger partial charge < -0.3 is 15.2 Å². The third-order valence-electron chi connectivity index (χ3n) is 3.22. The second-order valence-corrected chi connectivity index (χ2v) is 5.91. The Morgan fingerprint density at radius 3 is 2.54 bits per heavy atom. The van der Waals surface area contributed by atoms with Crippen LogP contribution in [0.25, 0.3) is 0 Å². The molecule has 0 atom stereocenters. The summed E-state index contributed by atoms with van der Waals surface area (Å²) in [6.45, 7) is 0.178. The number of nitrogens with one attached hydrogen (secondary N) is 2. The first-order valence-electron chi connectivity index (χ1n) is 7.33.